The van der Waals surface area contributed by atoms with Crippen LogP contribution in [0.25, 0.3) is 109 Å². The molecule has 3 spiro atoms. The number of aromatic nitrogens is 4. The molecule has 0 saturated heterocycles. The summed E-state index contributed by atoms with van der Waals surface area (Å²) in [7, 11) is 0. The van der Waals surface area contributed by atoms with Crippen LogP contribution in [0.1, 0.15) is 281 Å². The number of hydrogen-bond acceptors (Lipinski definition) is 0. The van der Waals surface area contributed by atoms with Crippen LogP contribution in [0.4, 0.5) is 0 Å². The fraction of sp³-hybridized carbons (Fsp3) is 0.328. The van der Waals surface area contributed by atoms with Crippen molar-refractivity contribution in [3.8, 4) is 70.1 Å². The van der Waals surface area contributed by atoms with Crippen molar-refractivity contribution in [1.82, 2.24) is 18.3 Å². The van der Waals surface area contributed by atoms with Crippen LogP contribution in [0.2, 0.25) is 0 Å². The van der Waals surface area contributed by atoms with E-state index in [1.807, 2.05) is 0 Å². The van der Waals surface area contributed by atoms with Crippen LogP contribution in [0.15, 0.2) is 218 Å². The van der Waals surface area contributed by atoms with Crippen LogP contribution in [0, 0.1) is 53.3 Å². The predicted molar refractivity (Wildman–Crippen MR) is 523 cm³/mol. The van der Waals surface area contributed by atoms with Gasteiger partial charge in [-0.3, -0.25) is 18.3 Å². The molecule has 4 aliphatic rings. The Labute approximate surface area is 729 Å². The van der Waals surface area contributed by atoms with Crippen LogP contribution in [-0.4, -0.2) is 18.3 Å². The monoisotopic (exact) mass is 1600 g/mol. The van der Waals surface area contributed by atoms with Gasteiger partial charge in [0.05, 0.1) is 44.1 Å². The third-order valence-electron chi connectivity index (χ3n) is 28.7. The van der Waals surface area contributed by atoms with E-state index in [-0.39, 0.29) is 59.6 Å². The summed E-state index contributed by atoms with van der Waals surface area (Å²) in [5.41, 5.74) is 33.7. The van der Waals surface area contributed by atoms with Crippen molar-refractivity contribution >= 4 is 87.2 Å². The minimum absolute atomic E-state index is 0.00758. The third kappa shape index (κ3) is 12.9. The molecule has 16 aromatic rings. The molecular weight excluding hydrogens is 1490 g/mol. The summed E-state index contributed by atoms with van der Waals surface area (Å²) in [6.45, 7) is 55.5. The molecule has 0 unspecified atom stereocenters. The Morgan fingerprint density at radius 3 is 0.496 bits per heavy atom. The minimum atomic E-state index is -0.293. The van der Waals surface area contributed by atoms with E-state index in [0.29, 0.717) is 0 Å². The summed E-state index contributed by atoms with van der Waals surface area (Å²) in [5.74, 6) is 15.4. The summed E-state index contributed by atoms with van der Waals surface area (Å²) in [6.07, 6.45) is 4.00. The molecule has 0 atom stereocenters. The first-order valence-corrected chi connectivity index (χ1v) is 44.9. The molecule has 4 nitrogen and oxygen atoms in total. The Morgan fingerprint density at radius 2 is 0.350 bits per heavy atom. The molecule has 0 aliphatic heterocycles. The number of fused-ring (bicyclic) bond motifs is 22. The zero-order valence-corrected chi connectivity index (χ0v) is 76.9. The number of rotatable bonds is 0. The van der Waals surface area contributed by atoms with E-state index in [2.05, 4.69) is 451 Å². The van der Waals surface area contributed by atoms with Gasteiger partial charge >= 0.3 is 0 Å². The molecule has 2 saturated carbocycles. The predicted octanol–water partition coefficient (Wildman–Crippen LogP) is 29.7. The van der Waals surface area contributed by atoms with Gasteiger partial charge < -0.3 is 0 Å². The fourth-order valence-electron chi connectivity index (χ4n) is 21.6. The van der Waals surface area contributed by atoms with Gasteiger partial charge in [-0.15, -0.1) is 0 Å². The lowest BCUT2D eigenvalue weighted by Crippen LogP contribution is -2.61. The van der Waals surface area contributed by atoms with Crippen molar-refractivity contribution < 1.29 is 0 Å². The number of benzene rings is 12. The molecule has 2 fully saturated rings. The highest BCUT2D eigenvalue weighted by Crippen LogP contribution is 2.78. The van der Waals surface area contributed by atoms with Gasteiger partial charge in [0.1, 0.15) is 0 Å². The molecule has 123 heavy (non-hydrogen) atoms. The maximum atomic E-state index is 3.85. The van der Waals surface area contributed by atoms with Crippen molar-refractivity contribution in [2.45, 2.75) is 246 Å². The minimum Gasteiger partial charge on any atom is -0.268 e. The summed E-state index contributed by atoms with van der Waals surface area (Å²) >= 11 is 0. The zero-order valence-electron chi connectivity index (χ0n) is 76.9. The molecule has 0 bridgehead atoms. The number of hydrogen-bond donors (Lipinski definition) is 0. The van der Waals surface area contributed by atoms with Crippen LogP contribution < -0.4 is 0 Å². The Hall–Kier alpha value is -11.9. The molecular formula is C119H116N4. The van der Waals surface area contributed by atoms with E-state index in [0.717, 1.165) is 92.1 Å². The summed E-state index contributed by atoms with van der Waals surface area (Å²) in [4.78, 5) is 0. The topological polar surface area (TPSA) is 19.7 Å². The highest BCUT2D eigenvalue weighted by Gasteiger charge is 2.69. The quantitative estimate of drug-likeness (QED) is 0.135. The van der Waals surface area contributed by atoms with E-state index in [1.165, 1.54) is 132 Å². The Morgan fingerprint density at radius 1 is 0.195 bits per heavy atom. The molecule has 0 amide bonds. The molecule has 0 N–H and O–H groups in total. The second-order valence-electron chi connectivity index (χ2n) is 45.6. The number of nitrogens with zero attached hydrogens (tertiary/aromatic N) is 4. The standard InChI is InChI=1S/C119H116N4/c1-109(2,3)77-29-41-101-89(61-77)90-62-78(110(4,5)6)30-42-102(90)120(101)53-49-73-25-37-85-86-38-26-74(50-54-121-103-43-31-79(111(7,8)9)63-91(103)92-64-80(112(10,11)12)32-44-104(92)121)58-98(86)118(97(85)57-73)69-117(70-118)71-119(72-117)99-59-75(51-55-122-105-45-33-81(113(13,14)15)65-93(105)94-66-82(114(16,17)18)34-46-106(94)122)27-39-87(99)88-40-28-76(60-100(88)119)52-56-123-107-47-35-83(115(19,20)21)67-95(107)96-68-84(116(22,23)24)36-48-108(96)123/h25-48,57-68H,69-72H2,1-24H3. The molecule has 12 aromatic carbocycles. The maximum Gasteiger partial charge on any atom is 0.0625 e. The molecule has 4 aromatic heterocycles. The van der Waals surface area contributed by atoms with Crippen molar-refractivity contribution in [3.05, 3.63) is 307 Å². The largest absolute Gasteiger partial charge is 0.268 e. The van der Waals surface area contributed by atoms with Crippen LogP contribution >= 0.6 is 0 Å². The molecule has 20 rings (SSSR count). The first kappa shape index (κ1) is 79.5. The molecule has 4 heterocycles. The van der Waals surface area contributed by atoms with E-state index < -0.39 is 0 Å². The van der Waals surface area contributed by atoms with Crippen molar-refractivity contribution in [2.24, 2.45) is 5.41 Å². The SMILES string of the molecule is CC(C)(C)c1ccc2c(c1)c1cc(C(C)(C)C)ccc1n2C#Cc1ccc2c(c1)C1(CC3(C1)CC1(C3)c3cc(C#Cn4c5ccc(C(C)(C)C)cc5c5cc(C(C)(C)C)ccc54)ccc3-c3ccc(C#Cn4c5ccc(C(C)(C)C)cc5c5cc(C(C)(C)C)ccc54)cc31)c1cc(C#Cn3c4ccc(C(C)(C)C)cc4c4cc(C(C)(C)C)ccc43)ccc1-2. The van der Waals surface area contributed by atoms with E-state index in [1.54, 1.807) is 0 Å². The third-order valence-corrected chi connectivity index (χ3v) is 28.7. The lowest BCUT2D eigenvalue weighted by molar-refractivity contribution is -0.0735. The van der Waals surface area contributed by atoms with Gasteiger partial charge in [-0.05, 0) is 333 Å². The van der Waals surface area contributed by atoms with E-state index in [4.69, 9.17) is 0 Å². The Balaban J connectivity index is 0.734. The highest BCUT2D eigenvalue weighted by atomic mass is 15.0. The summed E-state index contributed by atoms with van der Waals surface area (Å²) in [6, 6.07) is 100. The zero-order chi connectivity index (χ0) is 86.5. The van der Waals surface area contributed by atoms with Crippen LogP contribution in [0.5, 0.6) is 0 Å². The Bertz CT molecular complexity index is 6400. The van der Waals surface area contributed by atoms with Gasteiger partial charge in [0.25, 0.3) is 0 Å². The normalized spacial score (nSPS) is 15.3. The molecule has 4 aliphatic carbocycles. The van der Waals surface area contributed by atoms with Gasteiger partial charge in [0.2, 0.25) is 0 Å². The first-order chi connectivity index (χ1) is 57.8. The van der Waals surface area contributed by atoms with E-state index in [9.17, 15) is 0 Å². The second-order valence-corrected chi connectivity index (χ2v) is 45.6. The van der Waals surface area contributed by atoms with Gasteiger partial charge in [-0.2, -0.15) is 0 Å². The second kappa shape index (κ2) is 26.6. The first-order valence-electron chi connectivity index (χ1n) is 44.9. The summed E-state index contributed by atoms with van der Waals surface area (Å²) in [5, 5.41) is 9.96. The lowest BCUT2D eigenvalue weighted by Gasteiger charge is -2.67. The maximum absolute atomic E-state index is 3.85. The van der Waals surface area contributed by atoms with Gasteiger partial charge in [-0.1, -0.05) is 239 Å². The van der Waals surface area contributed by atoms with Crippen LogP contribution in [0.3, 0.4) is 0 Å². The van der Waals surface area contributed by atoms with Crippen molar-refractivity contribution in [2.75, 3.05) is 0 Å². The smallest absolute Gasteiger partial charge is 0.0625 e. The van der Waals surface area contributed by atoms with Crippen molar-refractivity contribution in [3.63, 3.8) is 0 Å². The van der Waals surface area contributed by atoms with Crippen LogP contribution in [-0.2, 0) is 54.1 Å². The molecule has 0 radical (unpaired) electrons. The summed E-state index contributed by atoms with van der Waals surface area (Å²) < 4.78 is 9.05. The van der Waals surface area contributed by atoms with Gasteiger partial charge in [0, 0.05) is 100 Å². The fourth-order valence-corrected chi connectivity index (χ4v) is 21.6. The highest BCUT2D eigenvalue weighted by molar-refractivity contribution is 6.13. The molecule has 4 heteroatoms. The average Bonchev–Trinajstić information content (AvgIpc) is 1.17. The van der Waals surface area contributed by atoms with Gasteiger partial charge in [0.15, 0.2) is 0 Å². The average molecular weight is 1600 g/mol. The molecule has 612 valence electrons. The Kier molecular flexibility index (Phi) is 17.2. The van der Waals surface area contributed by atoms with E-state index >= 15 is 0 Å². The van der Waals surface area contributed by atoms with Gasteiger partial charge in [-0.25, -0.2) is 0 Å². The lowest BCUT2D eigenvalue weighted by atomic mass is 9.36. The van der Waals surface area contributed by atoms with Crippen molar-refractivity contribution in [1.29, 1.82) is 0 Å².